The molecular formula is C24H24N6O2. The van der Waals surface area contributed by atoms with Crippen molar-refractivity contribution in [3.63, 3.8) is 0 Å². The zero-order valence-corrected chi connectivity index (χ0v) is 17.6. The molecule has 0 spiro atoms. The summed E-state index contributed by atoms with van der Waals surface area (Å²) in [5, 5.41) is 15.0. The van der Waals surface area contributed by atoms with Crippen LogP contribution in [-0.2, 0) is 11.3 Å². The fourth-order valence-corrected chi connectivity index (χ4v) is 4.67. The molecule has 8 nitrogen and oxygen atoms in total. The first-order valence-electron chi connectivity index (χ1n) is 11.1. The minimum absolute atomic E-state index is 0.207. The Labute approximate surface area is 184 Å². The first-order valence-corrected chi connectivity index (χ1v) is 11.1. The van der Waals surface area contributed by atoms with E-state index in [2.05, 4.69) is 32.5 Å². The highest BCUT2D eigenvalue weighted by Crippen LogP contribution is 2.33. The Morgan fingerprint density at radius 3 is 2.59 bits per heavy atom. The van der Waals surface area contributed by atoms with E-state index in [1.807, 2.05) is 41.4 Å². The molecule has 1 saturated carbocycles. The van der Waals surface area contributed by atoms with Crippen molar-refractivity contribution in [1.82, 2.24) is 29.9 Å². The summed E-state index contributed by atoms with van der Waals surface area (Å²) in [7, 11) is 0. The van der Waals surface area contributed by atoms with Gasteiger partial charge in [0.2, 0.25) is 5.91 Å². The molecule has 0 bridgehead atoms. The first kappa shape index (κ1) is 19.0. The van der Waals surface area contributed by atoms with Gasteiger partial charge >= 0.3 is 5.69 Å². The summed E-state index contributed by atoms with van der Waals surface area (Å²) in [5.41, 5.74) is 3.89. The van der Waals surface area contributed by atoms with Gasteiger partial charge in [-0.25, -0.2) is 9.89 Å². The number of amides is 1. The van der Waals surface area contributed by atoms with Crippen LogP contribution >= 0.6 is 0 Å². The summed E-state index contributed by atoms with van der Waals surface area (Å²) in [6.45, 7) is 2.08. The van der Waals surface area contributed by atoms with Crippen molar-refractivity contribution < 1.29 is 4.79 Å². The summed E-state index contributed by atoms with van der Waals surface area (Å²) >= 11 is 0. The van der Waals surface area contributed by atoms with Crippen LogP contribution in [0, 0.1) is 11.8 Å². The van der Waals surface area contributed by atoms with Crippen LogP contribution in [0.3, 0.4) is 0 Å². The number of benzene rings is 2. The molecule has 1 atom stereocenters. The molecule has 0 radical (unpaired) electrons. The molecule has 4 aromatic rings. The average Bonchev–Trinajstić information content (AvgIpc) is 3.21. The number of H-pyrrole nitrogens is 2. The smallest absolute Gasteiger partial charge is 0.342 e. The largest absolute Gasteiger partial charge is 0.343 e. The number of aromatic amines is 2. The highest BCUT2D eigenvalue weighted by atomic mass is 16.2. The lowest BCUT2D eigenvalue weighted by Gasteiger charge is -2.16. The molecule has 2 N–H and O–H groups in total. The second-order valence-electron chi connectivity index (χ2n) is 8.93. The van der Waals surface area contributed by atoms with Gasteiger partial charge in [-0.3, -0.25) is 14.5 Å². The van der Waals surface area contributed by atoms with Crippen molar-refractivity contribution in [2.24, 2.45) is 11.8 Å². The number of hydrogen-bond donors (Lipinski definition) is 2. The SMILES string of the molecule is O=C(C1CC1)N1CCC(Cn2c(-c3ccc(-c4ccc5[nH]ncc5c4)cc3)n[nH]c2=O)C1. The normalized spacial score (nSPS) is 18.5. The summed E-state index contributed by atoms with van der Waals surface area (Å²) < 4.78 is 1.71. The Balaban J connectivity index is 1.22. The third-order valence-electron chi connectivity index (χ3n) is 6.64. The molecular weight excluding hydrogens is 404 g/mol. The average molecular weight is 428 g/mol. The highest BCUT2D eigenvalue weighted by molar-refractivity contribution is 5.84. The van der Waals surface area contributed by atoms with Crippen LogP contribution in [0.1, 0.15) is 19.3 Å². The maximum Gasteiger partial charge on any atom is 0.343 e. The van der Waals surface area contributed by atoms with Gasteiger partial charge < -0.3 is 4.90 Å². The first-order chi connectivity index (χ1) is 15.7. The molecule has 2 fully saturated rings. The maximum atomic E-state index is 12.5. The molecule has 1 aliphatic carbocycles. The van der Waals surface area contributed by atoms with Gasteiger partial charge in [0.1, 0.15) is 0 Å². The van der Waals surface area contributed by atoms with Crippen LogP contribution in [0.5, 0.6) is 0 Å². The second kappa shape index (κ2) is 7.47. The monoisotopic (exact) mass is 428 g/mol. The fourth-order valence-electron chi connectivity index (χ4n) is 4.67. The van der Waals surface area contributed by atoms with E-state index in [9.17, 15) is 9.59 Å². The van der Waals surface area contributed by atoms with Gasteiger partial charge in [0.05, 0.1) is 11.7 Å². The zero-order chi connectivity index (χ0) is 21.7. The van der Waals surface area contributed by atoms with E-state index in [0.29, 0.717) is 12.4 Å². The quantitative estimate of drug-likeness (QED) is 0.510. The summed E-state index contributed by atoms with van der Waals surface area (Å²) in [5.74, 6) is 1.44. The van der Waals surface area contributed by atoms with Crippen LogP contribution in [0.4, 0.5) is 0 Å². The maximum absolute atomic E-state index is 12.5. The number of aromatic nitrogens is 5. The van der Waals surface area contributed by atoms with Crippen molar-refractivity contribution in [3.05, 3.63) is 59.1 Å². The van der Waals surface area contributed by atoms with E-state index < -0.39 is 0 Å². The van der Waals surface area contributed by atoms with E-state index in [4.69, 9.17) is 0 Å². The molecule has 2 aromatic carbocycles. The second-order valence-corrected chi connectivity index (χ2v) is 8.93. The van der Waals surface area contributed by atoms with Crippen LogP contribution in [0.2, 0.25) is 0 Å². The van der Waals surface area contributed by atoms with E-state index >= 15 is 0 Å². The Bertz CT molecular complexity index is 1340. The molecule has 2 aliphatic rings. The third kappa shape index (κ3) is 3.41. The number of carbonyl (C=O) groups is 1. The summed E-state index contributed by atoms with van der Waals surface area (Å²) in [4.78, 5) is 26.8. The van der Waals surface area contributed by atoms with Crippen molar-refractivity contribution in [2.45, 2.75) is 25.8 Å². The number of carbonyl (C=O) groups excluding carboxylic acids is 1. The molecule has 1 amide bonds. The topological polar surface area (TPSA) is 99.7 Å². The Hall–Kier alpha value is -3.68. The summed E-state index contributed by atoms with van der Waals surface area (Å²) in [6.07, 6.45) is 4.79. The predicted molar refractivity (Wildman–Crippen MR) is 121 cm³/mol. The van der Waals surface area contributed by atoms with E-state index in [1.54, 1.807) is 4.57 Å². The minimum atomic E-state index is -0.207. The van der Waals surface area contributed by atoms with Crippen LogP contribution in [0.15, 0.2) is 53.5 Å². The van der Waals surface area contributed by atoms with E-state index in [-0.39, 0.29) is 23.4 Å². The zero-order valence-electron chi connectivity index (χ0n) is 17.6. The van der Waals surface area contributed by atoms with Gasteiger partial charge in [-0.1, -0.05) is 30.3 Å². The number of likely N-dealkylation sites (tertiary alicyclic amines) is 1. The molecule has 1 unspecified atom stereocenters. The van der Waals surface area contributed by atoms with Gasteiger partial charge in [0, 0.05) is 36.5 Å². The summed E-state index contributed by atoms with van der Waals surface area (Å²) in [6, 6.07) is 14.3. The van der Waals surface area contributed by atoms with Gasteiger partial charge in [-0.2, -0.15) is 10.2 Å². The van der Waals surface area contributed by atoms with Gasteiger partial charge in [-0.15, -0.1) is 0 Å². The molecule has 32 heavy (non-hydrogen) atoms. The lowest BCUT2D eigenvalue weighted by Crippen LogP contribution is -2.31. The van der Waals surface area contributed by atoms with Crippen LogP contribution in [0.25, 0.3) is 33.4 Å². The van der Waals surface area contributed by atoms with Crippen molar-refractivity contribution >= 4 is 16.8 Å². The Kier molecular flexibility index (Phi) is 4.45. The molecule has 1 aliphatic heterocycles. The number of nitrogens with zero attached hydrogens (tertiary/aromatic N) is 4. The lowest BCUT2D eigenvalue weighted by atomic mass is 10.0. The lowest BCUT2D eigenvalue weighted by molar-refractivity contribution is -0.131. The molecule has 3 heterocycles. The number of hydrogen-bond acceptors (Lipinski definition) is 4. The third-order valence-corrected chi connectivity index (χ3v) is 6.64. The molecule has 1 saturated heterocycles. The van der Waals surface area contributed by atoms with Crippen molar-refractivity contribution in [1.29, 1.82) is 0 Å². The standard InChI is InChI=1S/C24H24N6O2/c31-23(18-5-6-18)29-10-9-15(13-29)14-30-22(27-28-24(30)32)17-3-1-16(2-4-17)19-7-8-21-20(11-19)12-25-26-21/h1-4,7-8,11-12,15,18H,5-6,9-10,13-14H2,(H,25,26)(H,28,32). The number of rotatable bonds is 5. The highest BCUT2D eigenvalue weighted by Gasteiger charge is 2.36. The molecule has 162 valence electrons. The van der Waals surface area contributed by atoms with Gasteiger partial charge in [0.15, 0.2) is 5.82 Å². The molecule has 6 rings (SSSR count). The Morgan fingerprint density at radius 2 is 1.78 bits per heavy atom. The minimum Gasteiger partial charge on any atom is -0.342 e. The van der Waals surface area contributed by atoms with Crippen molar-refractivity contribution in [2.75, 3.05) is 13.1 Å². The van der Waals surface area contributed by atoms with E-state index in [0.717, 1.165) is 59.9 Å². The van der Waals surface area contributed by atoms with E-state index in [1.165, 1.54) is 0 Å². The molecule has 2 aromatic heterocycles. The van der Waals surface area contributed by atoms with Crippen molar-refractivity contribution in [3.8, 4) is 22.5 Å². The molecule has 8 heteroatoms. The van der Waals surface area contributed by atoms with Crippen LogP contribution < -0.4 is 5.69 Å². The number of fused-ring (bicyclic) bond motifs is 1. The Morgan fingerprint density at radius 1 is 1.00 bits per heavy atom. The van der Waals surface area contributed by atoms with Gasteiger partial charge in [0.25, 0.3) is 0 Å². The fraction of sp³-hybridized carbons (Fsp3) is 0.333. The number of nitrogens with one attached hydrogen (secondary N) is 2. The predicted octanol–water partition coefficient (Wildman–Crippen LogP) is 3.04. The van der Waals surface area contributed by atoms with Crippen LogP contribution in [-0.4, -0.2) is 48.9 Å². The van der Waals surface area contributed by atoms with Gasteiger partial charge in [-0.05, 0) is 48.4 Å².